The Morgan fingerprint density at radius 2 is 1.48 bits per heavy atom. The minimum atomic E-state index is -0.859. The summed E-state index contributed by atoms with van der Waals surface area (Å²) >= 11 is 0. The first-order valence-corrected chi connectivity index (χ1v) is 10.4. The van der Waals surface area contributed by atoms with Crippen molar-refractivity contribution in [3.63, 3.8) is 0 Å². The fourth-order valence-electron chi connectivity index (χ4n) is 3.55. The molecule has 0 bridgehead atoms. The summed E-state index contributed by atoms with van der Waals surface area (Å²) < 4.78 is 39.0. The molecule has 0 amide bonds. The van der Waals surface area contributed by atoms with Crippen molar-refractivity contribution in [3.05, 3.63) is 74.5 Å². The molecule has 2 aromatic carbocycles. The van der Waals surface area contributed by atoms with Crippen LogP contribution in [0.1, 0.15) is 38.8 Å². The molecule has 7 heteroatoms. The number of phenols is 2. The zero-order chi connectivity index (χ0) is 24.4. The lowest BCUT2D eigenvalue weighted by molar-refractivity contribution is 0.396. The molecule has 0 radical (unpaired) electrons. The van der Waals surface area contributed by atoms with Crippen molar-refractivity contribution in [1.82, 2.24) is 0 Å². The Labute approximate surface area is 190 Å². The van der Waals surface area contributed by atoms with Crippen molar-refractivity contribution in [2.24, 2.45) is 0 Å². The molecule has 33 heavy (non-hydrogen) atoms. The first kappa shape index (κ1) is 24.0. The van der Waals surface area contributed by atoms with Gasteiger partial charge >= 0.3 is 0 Å². The molecule has 5 nitrogen and oxygen atoms in total. The first-order chi connectivity index (χ1) is 15.5. The Morgan fingerprint density at radius 1 is 0.939 bits per heavy atom. The molecular weight excluding hydrogens is 430 g/mol. The fraction of sp³-hybridized carbons (Fsp3) is 0.269. The van der Waals surface area contributed by atoms with Gasteiger partial charge < -0.3 is 19.4 Å². The third kappa shape index (κ3) is 4.77. The van der Waals surface area contributed by atoms with E-state index in [0.29, 0.717) is 6.07 Å². The molecule has 174 valence electrons. The van der Waals surface area contributed by atoms with Crippen molar-refractivity contribution in [2.75, 3.05) is 7.11 Å². The van der Waals surface area contributed by atoms with E-state index in [0.717, 1.165) is 23.3 Å². The predicted molar refractivity (Wildman–Crippen MR) is 124 cm³/mol. The third-order valence-corrected chi connectivity index (χ3v) is 5.20. The van der Waals surface area contributed by atoms with E-state index >= 15 is 0 Å². The molecule has 0 spiro atoms. The quantitative estimate of drug-likeness (QED) is 0.433. The van der Waals surface area contributed by atoms with Gasteiger partial charge in [0.15, 0.2) is 5.76 Å². The fourth-order valence-corrected chi connectivity index (χ4v) is 3.55. The number of methoxy groups -OCH3 is 1. The summed E-state index contributed by atoms with van der Waals surface area (Å²) in [6.45, 7) is 7.51. The highest BCUT2D eigenvalue weighted by Gasteiger charge is 2.26. The average Bonchev–Trinajstić information content (AvgIpc) is 2.71. The molecule has 0 aliphatic carbocycles. The molecule has 0 fully saturated rings. The van der Waals surface area contributed by atoms with Crippen LogP contribution in [0.15, 0.2) is 50.7 Å². The number of rotatable bonds is 6. The number of benzene rings is 2. The van der Waals surface area contributed by atoms with Crippen molar-refractivity contribution in [1.29, 1.82) is 0 Å². The third-order valence-electron chi connectivity index (χ3n) is 5.20. The van der Waals surface area contributed by atoms with Crippen molar-refractivity contribution in [2.45, 2.75) is 40.5 Å². The summed E-state index contributed by atoms with van der Waals surface area (Å²) in [5.74, 6) is -2.87. The highest BCUT2D eigenvalue weighted by molar-refractivity contribution is 5.93. The highest BCUT2D eigenvalue weighted by Crippen LogP contribution is 2.43. The molecule has 1 aromatic heterocycles. The van der Waals surface area contributed by atoms with Gasteiger partial charge in [-0.1, -0.05) is 23.3 Å². The summed E-state index contributed by atoms with van der Waals surface area (Å²) in [6, 6.07) is 2.71. The number of aromatic hydroxyl groups is 2. The van der Waals surface area contributed by atoms with Gasteiger partial charge in [-0.25, -0.2) is 8.78 Å². The molecule has 0 aliphatic heterocycles. The molecule has 2 N–H and O–H groups in total. The number of ether oxygens (including phenoxy) is 1. The van der Waals surface area contributed by atoms with Gasteiger partial charge in [-0.3, -0.25) is 4.79 Å². The predicted octanol–water partition coefficient (Wildman–Crippen LogP) is 6.18. The van der Waals surface area contributed by atoms with Gasteiger partial charge in [0.25, 0.3) is 0 Å². The molecule has 1 heterocycles. The molecule has 0 saturated heterocycles. The molecule has 0 saturated carbocycles. The standard InChI is InChI=1S/C26H26F2O5/c1-13(2)6-8-18-21(29)19(9-7-14(3)4)25-20(22(18)30)23(31)26(32-5)24(33-25)15-10-16(27)12-17(28)11-15/h6-7,10-12,29-30H,8-9H2,1-5H3. The maximum absolute atomic E-state index is 13.9. The molecular formula is C26H26F2O5. The van der Waals surface area contributed by atoms with E-state index in [1.54, 1.807) is 0 Å². The summed E-state index contributed by atoms with van der Waals surface area (Å²) in [4.78, 5) is 13.4. The SMILES string of the molecule is COc1c(-c2cc(F)cc(F)c2)oc2c(CC=C(C)C)c(O)c(CC=C(C)C)c(O)c2c1=O. The Hall–Kier alpha value is -3.61. The van der Waals surface area contributed by atoms with Gasteiger partial charge in [-0.05, 0) is 52.7 Å². The molecule has 0 atom stereocenters. The molecule has 3 aromatic rings. The van der Waals surface area contributed by atoms with Gasteiger partial charge in [0.1, 0.15) is 34.1 Å². The van der Waals surface area contributed by atoms with E-state index in [-0.39, 0.29) is 57.8 Å². The summed E-state index contributed by atoms with van der Waals surface area (Å²) in [5, 5.41) is 21.8. The van der Waals surface area contributed by atoms with Gasteiger partial charge in [0.05, 0.1) is 7.11 Å². The monoisotopic (exact) mass is 456 g/mol. The van der Waals surface area contributed by atoms with Crippen molar-refractivity contribution in [3.8, 4) is 28.6 Å². The Morgan fingerprint density at radius 3 is 2.00 bits per heavy atom. The minimum absolute atomic E-state index is 0.0517. The lowest BCUT2D eigenvalue weighted by Gasteiger charge is -2.16. The smallest absolute Gasteiger partial charge is 0.239 e. The Bertz CT molecular complexity index is 1320. The normalized spacial score (nSPS) is 10.9. The van der Waals surface area contributed by atoms with E-state index in [4.69, 9.17) is 9.15 Å². The second-order valence-electron chi connectivity index (χ2n) is 8.28. The number of allylic oxidation sites excluding steroid dienone is 4. The summed E-state index contributed by atoms with van der Waals surface area (Å²) in [5.41, 5.74) is 1.54. The highest BCUT2D eigenvalue weighted by atomic mass is 19.1. The largest absolute Gasteiger partial charge is 0.507 e. The molecule has 0 aliphatic rings. The van der Waals surface area contributed by atoms with Crippen LogP contribution in [0, 0.1) is 11.6 Å². The Kier molecular flexibility index (Phi) is 6.91. The van der Waals surface area contributed by atoms with E-state index < -0.39 is 22.8 Å². The van der Waals surface area contributed by atoms with Crippen LogP contribution in [0.3, 0.4) is 0 Å². The second kappa shape index (κ2) is 9.48. The van der Waals surface area contributed by atoms with Crippen LogP contribution < -0.4 is 10.2 Å². The zero-order valence-corrected chi connectivity index (χ0v) is 19.2. The van der Waals surface area contributed by atoms with Crippen LogP contribution in [0.25, 0.3) is 22.3 Å². The second-order valence-corrected chi connectivity index (χ2v) is 8.28. The summed E-state index contributed by atoms with van der Waals surface area (Å²) in [7, 11) is 1.23. The average molecular weight is 456 g/mol. The van der Waals surface area contributed by atoms with Crippen molar-refractivity contribution >= 4 is 11.0 Å². The number of fused-ring (bicyclic) bond motifs is 1. The van der Waals surface area contributed by atoms with Crippen molar-refractivity contribution < 1.29 is 28.1 Å². The van der Waals surface area contributed by atoms with Gasteiger partial charge in [0.2, 0.25) is 11.2 Å². The maximum atomic E-state index is 13.9. The van der Waals surface area contributed by atoms with Crippen LogP contribution >= 0.6 is 0 Å². The number of hydrogen-bond acceptors (Lipinski definition) is 5. The first-order valence-electron chi connectivity index (χ1n) is 10.4. The van der Waals surface area contributed by atoms with E-state index in [9.17, 15) is 23.8 Å². The molecule has 3 rings (SSSR count). The van der Waals surface area contributed by atoms with Crippen LogP contribution in [0.4, 0.5) is 8.78 Å². The minimum Gasteiger partial charge on any atom is -0.507 e. The topological polar surface area (TPSA) is 79.9 Å². The number of phenolic OH excluding ortho intramolecular Hbond substituents is 2. The van der Waals surface area contributed by atoms with Crippen LogP contribution in [-0.2, 0) is 12.8 Å². The van der Waals surface area contributed by atoms with E-state index in [1.165, 1.54) is 7.11 Å². The van der Waals surface area contributed by atoms with Crippen LogP contribution in [-0.4, -0.2) is 17.3 Å². The van der Waals surface area contributed by atoms with Gasteiger partial charge in [-0.15, -0.1) is 0 Å². The van der Waals surface area contributed by atoms with E-state index in [2.05, 4.69) is 0 Å². The lowest BCUT2D eigenvalue weighted by Crippen LogP contribution is -2.10. The lowest BCUT2D eigenvalue weighted by atomic mass is 9.96. The van der Waals surface area contributed by atoms with Gasteiger partial charge in [-0.2, -0.15) is 0 Å². The maximum Gasteiger partial charge on any atom is 0.239 e. The summed E-state index contributed by atoms with van der Waals surface area (Å²) in [6.07, 6.45) is 4.05. The number of hydrogen-bond donors (Lipinski definition) is 2. The van der Waals surface area contributed by atoms with Crippen LogP contribution in [0.2, 0.25) is 0 Å². The van der Waals surface area contributed by atoms with Crippen LogP contribution in [0.5, 0.6) is 17.2 Å². The number of halogens is 2. The van der Waals surface area contributed by atoms with E-state index in [1.807, 2.05) is 39.8 Å². The zero-order valence-electron chi connectivity index (χ0n) is 19.2. The molecule has 0 unspecified atom stereocenters. The Balaban J connectivity index is 2.48. The van der Waals surface area contributed by atoms with Gasteiger partial charge in [0, 0.05) is 22.8 Å².